The number of hydrogen-bond acceptors (Lipinski definition) is 3. The average Bonchev–Trinajstić information content (AvgIpc) is 2.28. The molecule has 5 nitrogen and oxygen atoms in total. The van der Waals surface area contributed by atoms with Gasteiger partial charge < -0.3 is 10.4 Å². The summed E-state index contributed by atoms with van der Waals surface area (Å²) in [5.74, 6) is -0.960. The predicted octanol–water partition coefficient (Wildman–Crippen LogP) is 0.696. The van der Waals surface area contributed by atoms with E-state index in [1.807, 2.05) is 20.8 Å². The summed E-state index contributed by atoms with van der Waals surface area (Å²) in [5.41, 5.74) is 0. The fraction of sp³-hybridized carbons (Fsp3) is 0.833. The van der Waals surface area contributed by atoms with Crippen molar-refractivity contribution < 1.29 is 14.7 Å². The molecular weight excluding hydrogens is 220 g/mol. The van der Waals surface area contributed by atoms with Gasteiger partial charge in [-0.05, 0) is 33.6 Å². The average molecular weight is 242 g/mol. The van der Waals surface area contributed by atoms with Crippen molar-refractivity contribution in [2.45, 2.75) is 45.7 Å². The van der Waals surface area contributed by atoms with Crippen LogP contribution < -0.4 is 5.32 Å². The molecule has 1 heterocycles. The molecule has 0 aromatic carbocycles. The molecule has 3 unspecified atom stereocenters. The number of carboxylic acid groups (broad SMARTS) is 1. The van der Waals surface area contributed by atoms with E-state index >= 15 is 0 Å². The maximum Gasteiger partial charge on any atom is 0.306 e. The number of rotatable bonds is 4. The van der Waals surface area contributed by atoms with Crippen molar-refractivity contribution in [2.24, 2.45) is 5.92 Å². The number of nitrogens with zero attached hydrogens (tertiary/aromatic N) is 1. The van der Waals surface area contributed by atoms with Gasteiger partial charge in [-0.2, -0.15) is 0 Å². The second kappa shape index (κ2) is 6.00. The summed E-state index contributed by atoms with van der Waals surface area (Å²) in [7, 11) is 0. The summed E-state index contributed by atoms with van der Waals surface area (Å²) in [5, 5.41) is 11.8. The van der Waals surface area contributed by atoms with Gasteiger partial charge in [-0.25, -0.2) is 0 Å². The molecule has 1 amide bonds. The topological polar surface area (TPSA) is 69.6 Å². The highest BCUT2D eigenvalue weighted by Gasteiger charge is 2.33. The van der Waals surface area contributed by atoms with Gasteiger partial charge in [0.15, 0.2) is 0 Å². The number of piperidine rings is 1. The zero-order valence-electron chi connectivity index (χ0n) is 10.8. The van der Waals surface area contributed by atoms with E-state index < -0.39 is 5.97 Å². The van der Waals surface area contributed by atoms with Crippen LogP contribution in [-0.2, 0) is 9.59 Å². The minimum absolute atomic E-state index is 0.0214. The van der Waals surface area contributed by atoms with E-state index in [2.05, 4.69) is 10.2 Å². The van der Waals surface area contributed by atoms with E-state index in [-0.39, 0.29) is 23.9 Å². The highest BCUT2D eigenvalue weighted by atomic mass is 16.4. The molecule has 1 fully saturated rings. The predicted molar refractivity (Wildman–Crippen MR) is 64.7 cm³/mol. The molecule has 0 aliphatic carbocycles. The molecule has 0 spiro atoms. The molecule has 98 valence electrons. The Morgan fingerprint density at radius 3 is 2.65 bits per heavy atom. The van der Waals surface area contributed by atoms with Gasteiger partial charge in [-0.15, -0.1) is 0 Å². The lowest BCUT2D eigenvalue weighted by Gasteiger charge is -2.39. The van der Waals surface area contributed by atoms with Crippen LogP contribution in [0.1, 0.15) is 33.6 Å². The number of amides is 1. The first kappa shape index (κ1) is 14.0. The van der Waals surface area contributed by atoms with E-state index in [9.17, 15) is 9.59 Å². The zero-order chi connectivity index (χ0) is 13.0. The summed E-state index contributed by atoms with van der Waals surface area (Å²) >= 11 is 0. The van der Waals surface area contributed by atoms with Crippen LogP contribution in [0.5, 0.6) is 0 Å². The Kier molecular flexibility index (Phi) is 4.93. The van der Waals surface area contributed by atoms with Crippen molar-refractivity contribution in [2.75, 3.05) is 13.1 Å². The summed E-state index contributed by atoms with van der Waals surface area (Å²) in [4.78, 5) is 24.7. The second-order valence-electron chi connectivity index (χ2n) is 4.72. The Balaban J connectivity index is 2.57. The third kappa shape index (κ3) is 3.43. The number of likely N-dealkylation sites (N-methyl/N-ethyl adjacent to an activating group) is 1. The van der Waals surface area contributed by atoms with Crippen LogP contribution in [0.25, 0.3) is 0 Å². The molecule has 1 rings (SSSR count). The van der Waals surface area contributed by atoms with E-state index in [0.29, 0.717) is 25.9 Å². The molecule has 5 heteroatoms. The molecular formula is C12H22N2O3. The van der Waals surface area contributed by atoms with Gasteiger partial charge in [0.1, 0.15) is 0 Å². The number of nitrogens with one attached hydrogen (secondary N) is 1. The molecule has 3 atom stereocenters. The van der Waals surface area contributed by atoms with Crippen LogP contribution >= 0.6 is 0 Å². The lowest BCUT2D eigenvalue weighted by atomic mass is 9.90. The summed E-state index contributed by atoms with van der Waals surface area (Å²) in [6.07, 6.45) is 1.25. The quantitative estimate of drug-likeness (QED) is 0.761. The van der Waals surface area contributed by atoms with Gasteiger partial charge in [0.05, 0.1) is 12.0 Å². The van der Waals surface area contributed by atoms with Crippen molar-refractivity contribution in [1.82, 2.24) is 10.2 Å². The Morgan fingerprint density at radius 1 is 1.53 bits per heavy atom. The first-order chi connectivity index (χ1) is 7.97. The fourth-order valence-corrected chi connectivity index (χ4v) is 2.46. The maximum atomic E-state index is 11.7. The van der Waals surface area contributed by atoms with Crippen molar-refractivity contribution in [1.29, 1.82) is 0 Å². The molecule has 1 aliphatic rings. The number of carbonyl (C=O) groups excluding carboxylic acids is 1. The Labute approximate surface area is 102 Å². The van der Waals surface area contributed by atoms with Crippen LogP contribution in [0, 0.1) is 5.92 Å². The number of likely N-dealkylation sites (tertiary alicyclic amines) is 1. The largest absolute Gasteiger partial charge is 0.481 e. The van der Waals surface area contributed by atoms with Gasteiger partial charge >= 0.3 is 5.97 Å². The van der Waals surface area contributed by atoms with Crippen molar-refractivity contribution in [3.05, 3.63) is 0 Å². The zero-order valence-corrected chi connectivity index (χ0v) is 10.8. The van der Waals surface area contributed by atoms with E-state index in [1.165, 1.54) is 0 Å². The molecule has 0 aromatic heterocycles. The molecule has 0 aromatic rings. The lowest BCUT2D eigenvalue weighted by Crippen LogP contribution is -2.52. The van der Waals surface area contributed by atoms with Gasteiger partial charge in [-0.1, -0.05) is 0 Å². The maximum absolute atomic E-state index is 11.7. The third-order valence-electron chi connectivity index (χ3n) is 3.50. The monoisotopic (exact) mass is 242 g/mol. The highest BCUT2D eigenvalue weighted by Crippen LogP contribution is 2.24. The number of carbonyl (C=O) groups is 2. The molecule has 0 radical (unpaired) electrons. The number of carboxylic acids is 1. The minimum Gasteiger partial charge on any atom is -0.481 e. The SMILES string of the molecule is CCNC(=O)C(C)N1CCC(C(=O)O)CC1C. The first-order valence-corrected chi connectivity index (χ1v) is 6.23. The van der Waals surface area contributed by atoms with Gasteiger partial charge in [0, 0.05) is 19.1 Å². The van der Waals surface area contributed by atoms with Crippen LogP contribution in [-0.4, -0.2) is 47.1 Å². The van der Waals surface area contributed by atoms with Gasteiger partial charge in [0.2, 0.25) is 5.91 Å². The smallest absolute Gasteiger partial charge is 0.306 e. The van der Waals surface area contributed by atoms with Crippen molar-refractivity contribution in [3.63, 3.8) is 0 Å². The van der Waals surface area contributed by atoms with Crippen molar-refractivity contribution in [3.8, 4) is 0 Å². The third-order valence-corrected chi connectivity index (χ3v) is 3.50. The Bertz CT molecular complexity index is 293. The van der Waals surface area contributed by atoms with Crippen LogP contribution in [0.2, 0.25) is 0 Å². The van der Waals surface area contributed by atoms with Gasteiger partial charge in [-0.3, -0.25) is 14.5 Å². The molecule has 17 heavy (non-hydrogen) atoms. The Hall–Kier alpha value is -1.10. The molecule has 2 N–H and O–H groups in total. The standard InChI is InChI=1S/C12H22N2O3/c1-4-13-11(15)9(3)14-6-5-10(12(16)17)7-8(14)2/h8-10H,4-7H2,1-3H3,(H,13,15)(H,16,17). The minimum atomic E-state index is -0.720. The molecule has 0 saturated carbocycles. The Morgan fingerprint density at radius 2 is 2.18 bits per heavy atom. The van der Waals surface area contributed by atoms with E-state index in [0.717, 1.165) is 0 Å². The van der Waals surface area contributed by atoms with Gasteiger partial charge in [0.25, 0.3) is 0 Å². The normalized spacial score (nSPS) is 27.5. The fourth-order valence-electron chi connectivity index (χ4n) is 2.46. The summed E-state index contributed by atoms with van der Waals surface area (Å²) in [6.45, 7) is 7.07. The molecule has 0 bridgehead atoms. The summed E-state index contributed by atoms with van der Waals surface area (Å²) in [6, 6.07) is -0.0397. The first-order valence-electron chi connectivity index (χ1n) is 6.23. The van der Waals surface area contributed by atoms with Crippen LogP contribution in [0.4, 0.5) is 0 Å². The van der Waals surface area contributed by atoms with E-state index in [4.69, 9.17) is 5.11 Å². The lowest BCUT2D eigenvalue weighted by molar-refractivity contribution is -0.144. The number of hydrogen-bond donors (Lipinski definition) is 2. The van der Waals surface area contributed by atoms with Crippen LogP contribution in [0.3, 0.4) is 0 Å². The molecule has 1 saturated heterocycles. The molecule has 1 aliphatic heterocycles. The summed E-state index contributed by atoms with van der Waals surface area (Å²) < 4.78 is 0. The van der Waals surface area contributed by atoms with Crippen LogP contribution in [0.15, 0.2) is 0 Å². The van der Waals surface area contributed by atoms with E-state index in [1.54, 1.807) is 0 Å². The second-order valence-corrected chi connectivity index (χ2v) is 4.72. The number of aliphatic carboxylic acids is 1. The highest BCUT2D eigenvalue weighted by molar-refractivity contribution is 5.81. The van der Waals surface area contributed by atoms with Crippen molar-refractivity contribution >= 4 is 11.9 Å².